The lowest BCUT2D eigenvalue weighted by Crippen LogP contribution is -2.13. The number of rotatable bonds is 11. The Morgan fingerprint density at radius 1 is 1.08 bits per heavy atom. The Morgan fingerprint density at radius 2 is 1.58 bits per heavy atom. The maximum absolute atomic E-state index is 11.0. The van der Waals surface area contributed by atoms with Crippen molar-refractivity contribution in [1.29, 1.82) is 0 Å². The van der Waals surface area contributed by atoms with E-state index in [1.165, 1.54) is 45.6 Å². The first kappa shape index (κ1) is 25.5. The number of carbonyl (C=O) groups excluding carboxylic acids is 1. The molecular weight excluding hydrogens is 361 g/mol. The molecular formula is C21H35BClO2P. The highest BCUT2D eigenvalue weighted by atomic mass is 35.5. The molecule has 0 fully saturated rings. The van der Waals surface area contributed by atoms with Crippen molar-refractivity contribution in [3.05, 3.63) is 34.9 Å². The number of ether oxygens (including phenoxy) is 1. The molecule has 0 aliphatic carbocycles. The fraction of sp³-hybridized carbons (Fsp3) is 0.667. The van der Waals surface area contributed by atoms with Crippen LogP contribution < -0.4 is 0 Å². The van der Waals surface area contributed by atoms with Gasteiger partial charge in [0.05, 0.1) is 15.0 Å². The molecule has 1 atom stereocenters. The maximum atomic E-state index is 11.0. The predicted molar refractivity (Wildman–Crippen MR) is 118 cm³/mol. The smallest absolute Gasteiger partial charge is 0.304 e. The van der Waals surface area contributed by atoms with Crippen LogP contribution in [0.4, 0.5) is 0 Å². The van der Waals surface area contributed by atoms with E-state index in [1.54, 1.807) is 42.8 Å². The number of halogens is 1. The van der Waals surface area contributed by atoms with E-state index in [-0.39, 0.29) is 0 Å². The molecule has 26 heavy (non-hydrogen) atoms. The van der Waals surface area contributed by atoms with E-state index in [0.29, 0.717) is 18.5 Å². The van der Waals surface area contributed by atoms with Gasteiger partial charge >= 0.3 is 5.97 Å². The van der Waals surface area contributed by atoms with E-state index in [2.05, 4.69) is 25.5 Å². The number of carbonyl (C=O) groups is 1. The van der Waals surface area contributed by atoms with Crippen LogP contribution in [0, 0.1) is 0 Å². The van der Waals surface area contributed by atoms with Crippen molar-refractivity contribution in [3.63, 3.8) is 0 Å². The molecule has 1 aromatic carbocycles. The van der Waals surface area contributed by atoms with Crippen LogP contribution in [-0.4, -0.2) is 39.4 Å². The molecule has 0 spiro atoms. The highest BCUT2D eigenvalue weighted by Gasteiger charge is 2.14. The lowest BCUT2D eigenvalue weighted by molar-refractivity contribution is -0.140. The first-order chi connectivity index (χ1) is 12.5. The number of benzene rings is 1. The number of hydrogen-bond donors (Lipinski definition) is 0. The molecule has 0 heterocycles. The van der Waals surface area contributed by atoms with Crippen LogP contribution in [0.3, 0.4) is 0 Å². The molecule has 2 nitrogen and oxygen atoms in total. The van der Waals surface area contributed by atoms with Crippen LogP contribution in [0.25, 0.3) is 0 Å². The van der Waals surface area contributed by atoms with Crippen molar-refractivity contribution < 1.29 is 9.53 Å². The normalized spacial score (nSPS) is 11.6. The van der Waals surface area contributed by atoms with Crippen LogP contribution in [0.5, 0.6) is 0 Å². The Balaban J connectivity index is 0.000000481. The Kier molecular flexibility index (Phi) is 16.3. The molecule has 0 N–H and O–H groups in total. The van der Waals surface area contributed by atoms with Gasteiger partial charge in [0.25, 0.3) is 0 Å². The molecule has 0 amide bonds. The van der Waals surface area contributed by atoms with Crippen LogP contribution in [0.1, 0.15) is 70.7 Å². The molecule has 0 saturated carbocycles. The van der Waals surface area contributed by atoms with Gasteiger partial charge in [-0.3, -0.25) is 4.79 Å². The van der Waals surface area contributed by atoms with Crippen molar-refractivity contribution in [2.45, 2.75) is 65.1 Å². The lowest BCUT2D eigenvalue weighted by Gasteiger charge is -2.16. The predicted octanol–water partition coefficient (Wildman–Crippen LogP) is 6.59. The minimum atomic E-state index is -0.760. The Morgan fingerprint density at radius 3 is 1.96 bits per heavy atom. The van der Waals surface area contributed by atoms with Crippen LogP contribution in [0.15, 0.2) is 24.3 Å². The van der Waals surface area contributed by atoms with Crippen LogP contribution in [-0.2, 0) is 9.53 Å². The second-order valence-electron chi connectivity index (χ2n) is 6.46. The standard InChI is InChI=1S/C12H27P.C9H8BClO2/c1-4-7-10-13(11-8-5-2)12-9-6-3;1-13-9(12)8(10)6-3-2-4-7(11)5-6/h4-12H2,1-3H3;2-5,8H,1H3. The zero-order chi connectivity index (χ0) is 19.8. The van der Waals surface area contributed by atoms with E-state index >= 15 is 0 Å². The van der Waals surface area contributed by atoms with Gasteiger partial charge in [0.15, 0.2) is 0 Å². The quantitative estimate of drug-likeness (QED) is 0.239. The summed E-state index contributed by atoms with van der Waals surface area (Å²) in [6.07, 6.45) is 13.2. The van der Waals surface area contributed by atoms with E-state index in [4.69, 9.17) is 19.4 Å². The number of esters is 1. The summed E-state index contributed by atoms with van der Waals surface area (Å²) in [6.45, 7) is 6.94. The van der Waals surface area contributed by atoms with Crippen molar-refractivity contribution in [2.24, 2.45) is 0 Å². The first-order valence-electron chi connectivity index (χ1n) is 9.81. The summed E-state index contributed by atoms with van der Waals surface area (Å²) >= 11 is 5.73. The second-order valence-corrected chi connectivity index (χ2v) is 9.58. The van der Waals surface area contributed by atoms with E-state index in [0.717, 1.165) is 0 Å². The Bertz CT molecular complexity index is 466. The molecule has 146 valence electrons. The average molecular weight is 397 g/mol. The SMILES string of the molecule is CCCCP(CCCC)CCCC.[B]C(C(=O)OC)c1cccc(Cl)c1. The molecule has 0 aliphatic rings. The minimum absolute atomic E-state index is 0.422. The summed E-state index contributed by atoms with van der Waals surface area (Å²) < 4.78 is 4.50. The zero-order valence-electron chi connectivity index (χ0n) is 17.0. The van der Waals surface area contributed by atoms with Crippen molar-refractivity contribution in [3.8, 4) is 0 Å². The van der Waals surface area contributed by atoms with Gasteiger partial charge in [0.2, 0.25) is 0 Å². The van der Waals surface area contributed by atoms with Crippen LogP contribution >= 0.6 is 19.5 Å². The van der Waals surface area contributed by atoms with Crippen molar-refractivity contribution in [1.82, 2.24) is 0 Å². The van der Waals surface area contributed by atoms with Gasteiger partial charge in [-0.25, -0.2) is 0 Å². The molecule has 1 rings (SSSR count). The molecule has 1 aromatic rings. The third kappa shape index (κ3) is 12.0. The van der Waals surface area contributed by atoms with Gasteiger partial charge in [-0.15, -0.1) is 7.92 Å². The average Bonchev–Trinajstić information content (AvgIpc) is 2.66. The topological polar surface area (TPSA) is 26.3 Å². The summed E-state index contributed by atoms with van der Waals surface area (Å²) in [5, 5.41) is 0.553. The van der Waals surface area contributed by atoms with Gasteiger partial charge in [-0.2, -0.15) is 0 Å². The van der Waals surface area contributed by atoms with Gasteiger partial charge in [-0.1, -0.05) is 63.8 Å². The molecule has 1 unspecified atom stereocenters. The minimum Gasteiger partial charge on any atom is -0.469 e. The number of methoxy groups -OCH3 is 1. The maximum Gasteiger partial charge on any atom is 0.304 e. The highest BCUT2D eigenvalue weighted by molar-refractivity contribution is 7.57. The van der Waals surface area contributed by atoms with Gasteiger partial charge in [-0.05, 0) is 55.4 Å². The Hall–Kier alpha value is -0.525. The molecule has 0 saturated heterocycles. The fourth-order valence-electron chi connectivity index (χ4n) is 2.44. The summed E-state index contributed by atoms with van der Waals surface area (Å²) in [7, 11) is 7.30. The lowest BCUT2D eigenvalue weighted by atomic mass is 9.81. The third-order valence-corrected chi connectivity index (χ3v) is 7.23. The summed E-state index contributed by atoms with van der Waals surface area (Å²) in [6, 6.07) is 6.83. The van der Waals surface area contributed by atoms with Crippen molar-refractivity contribution in [2.75, 3.05) is 25.6 Å². The number of hydrogen-bond acceptors (Lipinski definition) is 2. The van der Waals surface area contributed by atoms with Gasteiger partial charge in [0.1, 0.15) is 0 Å². The molecule has 2 radical (unpaired) electrons. The zero-order valence-corrected chi connectivity index (χ0v) is 18.6. The van der Waals surface area contributed by atoms with Crippen LogP contribution in [0.2, 0.25) is 5.02 Å². The first-order valence-corrected chi connectivity index (χ1v) is 12.1. The monoisotopic (exact) mass is 396 g/mol. The third-order valence-electron chi connectivity index (χ3n) is 4.15. The summed E-state index contributed by atoms with van der Waals surface area (Å²) in [5.41, 5.74) is 0.652. The van der Waals surface area contributed by atoms with Crippen molar-refractivity contribution >= 4 is 33.3 Å². The van der Waals surface area contributed by atoms with E-state index in [9.17, 15) is 4.79 Å². The largest absolute Gasteiger partial charge is 0.469 e. The summed E-state index contributed by atoms with van der Waals surface area (Å²) in [4.78, 5) is 11.0. The molecule has 0 aromatic heterocycles. The highest BCUT2D eigenvalue weighted by Crippen LogP contribution is 2.38. The van der Waals surface area contributed by atoms with Gasteiger partial charge < -0.3 is 4.74 Å². The summed E-state index contributed by atoms with van der Waals surface area (Å²) in [5.74, 6) is -1.23. The fourth-order valence-corrected chi connectivity index (χ4v) is 5.60. The van der Waals surface area contributed by atoms with Gasteiger partial charge in [0, 0.05) is 10.8 Å². The van der Waals surface area contributed by atoms with E-state index in [1.807, 2.05) is 0 Å². The molecule has 5 heteroatoms. The second kappa shape index (κ2) is 16.6. The van der Waals surface area contributed by atoms with E-state index < -0.39 is 11.8 Å². The molecule has 0 bridgehead atoms. The number of unbranched alkanes of at least 4 members (excludes halogenated alkanes) is 3. The Labute approximate surface area is 168 Å². The molecule has 0 aliphatic heterocycles.